The van der Waals surface area contributed by atoms with Crippen molar-refractivity contribution in [2.24, 2.45) is 4.99 Å². The average Bonchev–Trinajstić information content (AvgIpc) is 3.31. The number of carbonyl (C=O) groups is 2. The number of allylic oxidation sites excluding steroid dienone is 1. The Labute approximate surface area is 220 Å². The molecule has 4 rings (SSSR count). The lowest BCUT2D eigenvalue weighted by molar-refractivity contribution is -0.139. The summed E-state index contributed by atoms with van der Waals surface area (Å²) in [7, 11) is 1.48. The topological polar surface area (TPSA) is 89.5 Å². The molecule has 1 atom stereocenters. The van der Waals surface area contributed by atoms with Crippen LogP contribution < -0.4 is 14.8 Å². The zero-order chi connectivity index (χ0) is 25.8. The summed E-state index contributed by atoms with van der Waals surface area (Å²) in [4.78, 5) is 31.6. The van der Waals surface area contributed by atoms with Gasteiger partial charge in [0.2, 0.25) is 0 Å². The average molecular weight is 576 g/mol. The number of methoxy groups -OCH3 is 1. The number of hydrogen-bond acceptors (Lipinski definition) is 8. The lowest BCUT2D eigenvalue weighted by Crippen LogP contribution is -2.34. The highest BCUT2D eigenvalue weighted by Crippen LogP contribution is 2.43. The first kappa shape index (κ1) is 25.8. The number of amides is 1. The van der Waals surface area contributed by atoms with Gasteiger partial charge < -0.3 is 24.4 Å². The van der Waals surface area contributed by atoms with Crippen LogP contribution in [-0.2, 0) is 14.3 Å². The predicted molar refractivity (Wildman–Crippen MR) is 139 cm³/mol. The second kappa shape index (κ2) is 11.2. The molecule has 8 nitrogen and oxygen atoms in total. The summed E-state index contributed by atoms with van der Waals surface area (Å²) in [6.07, 6.45) is 1.86. The molecule has 0 spiro atoms. The SMILES string of the molecule is CCOC(=O)C1=C(C)N=C2SC=CN2[C@@H]1c1ccc(OCC(=O)Nc2ccc(Br)cc2F)c(OC)c1. The van der Waals surface area contributed by atoms with Gasteiger partial charge in [-0.2, -0.15) is 0 Å². The highest BCUT2D eigenvalue weighted by atomic mass is 79.9. The van der Waals surface area contributed by atoms with E-state index in [1.807, 2.05) is 16.5 Å². The van der Waals surface area contributed by atoms with Crippen LogP contribution in [0, 0.1) is 5.82 Å². The van der Waals surface area contributed by atoms with E-state index in [4.69, 9.17) is 14.2 Å². The first-order chi connectivity index (χ1) is 17.3. The van der Waals surface area contributed by atoms with Crippen molar-refractivity contribution in [3.63, 3.8) is 0 Å². The molecule has 188 valence electrons. The maximum atomic E-state index is 14.0. The number of ether oxygens (including phenoxy) is 3. The Bertz CT molecular complexity index is 1300. The Kier molecular flexibility index (Phi) is 8.00. The quantitative estimate of drug-likeness (QED) is 0.422. The molecule has 2 aromatic carbocycles. The van der Waals surface area contributed by atoms with E-state index in [2.05, 4.69) is 26.2 Å². The number of hydrogen-bond donors (Lipinski definition) is 1. The van der Waals surface area contributed by atoms with Crippen LogP contribution in [-0.4, -0.2) is 42.3 Å². The van der Waals surface area contributed by atoms with E-state index in [1.54, 1.807) is 38.1 Å². The van der Waals surface area contributed by atoms with E-state index < -0.39 is 23.7 Å². The standard InChI is InChI=1S/C25H23BrFN3O5S/c1-4-34-24(32)22-14(2)28-25-30(9-10-36-25)23(22)15-5-8-19(20(11-15)33-3)35-13-21(31)29-18-7-6-16(26)12-17(18)27/h5-12,23H,4,13H2,1-3H3,(H,29,31)/t23-/m1/s1. The number of carbonyl (C=O) groups excluding carboxylic acids is 2. The lowest BCUT2D eigenvalue weighted by Gasteiger charge is -2.33. The minimum absolute atomic E-state index is 0.0501. The highest BCUT2D eigenvalue weighted by molar-refractivity contribution is 9.10. The summed E-state index contributed by atoms with van der Waals surface area (Å²) in [6, 6.07) is 9.06. The Morgan fingerprint density at radius 3 is 2.75 bits per heavy atom. The van der Waals surface area contributed by atoms with Gasteiger partial charge in [-0.05, 0) is 55.2 Å². The number of benzene rings is 2. The van der Waals surface area contributed by atoms with Gasteiger partial charge in [0.05, 0.1) is 36.7 Å². The summed E-state index contributed by atoms with van der Waals surface area (Å²) in [5.41, 5.74) is 1.81. The number of aliphatic imine (C=N–C) groups is 1. The molecule has 0 aromatic heterocycles. The zero-order valence-electron chi connectivity index (χ0n) is 19.7. The summed E-state index contributed by atoms with van der Waals surface area (Å²) < 4.78 is 31.1. The summed E-state index contributed by atoms with van der Waals surface area (Å²) in [5, 5.41) is 5.13. The van der Waals surface area contributed by atoms with Gasteiger partial charge >= 0.3 is 5.97 Å². The highest BCUT2D eigenvalue weighted by Gasteiger charge is 2.37. The van der Waals surface area contributed by atoms with Crippen LogP contribution in [0.15, 0.2) is 68.7 Å². The molecule has 1 amide bonds. The molecule has 0 bridgehead atoms. The van der Waals surface area contributed by atoms with Gasteiger partial charge in [-0.3, -0.25) is 4.79 Å². The first-order valence-corrected chi connectivity index (χ1v) is 12.6. The van der Waals surface area contributed by atoms with E-state index in [1.165, 1.54) is 31.0 Å². The van der Waals surface area contributed by atoms with Crippen molar-refractivity contribution in [1.29, 1.82) is 0 Å². The second-order valence-electron chi connectivity index (χ2n) is 7.70. The van der Waals surface area contributed by atoms with Crippen molar-refractivity contribution in [2.45, 2.75) is 19.9 Å². The molecular weight excluding hydrogens is 553 g/mol. The lowest BCUT2D eigenvalue weighted by atomic mass is 9.94. The monoisotopic (exact) mass is 575 g/mol. The largest absolute Gasteiger partial charge is 0.493 e. The third-order valence-electron chi connectivity index (χ3n) is 5.38. The first-order valence-electron chi connectivity index (χ1n) is 11.0. The number of amidine groups is 1. The van der Waals surface area contributed by atoms with E-state index >= 15 is 0 Å². The predicted octanol–water partition coefficient (Wildman–Crippen LogP) is 5.38. The minimum Gasteiger partial charge on any atom is -0.493 e. The van der Waals surface area contributed by atoms with Gasteiger partial charge in [-0.25, -0.2) is 14.2 Å². The molecule has 0 aliphatic carbocycles. The fourth-order valence-corrected chi connectivity index (χ4v) is 4.92. The van der Waals surface area contributed by atoms with Gasteiger partial charge in [0.1, 0.15) is 5.82 Å². The van der Waals surface area contributed by atoms with Gasteiger partial charge in [0, 0.05) is 10.7 Å². The van der Waals surface area contributed by atoms with Gasteiger partial charge in [-0.1, -0.05) is 33.8 Å². The van der Waals surface area contributed by atoms with Gasteiger partial charge in [0.15, 0.2) is 23.3 Å². The number of rotatable bonds is 8. The van der Waals surface area contributed by atoms with Crippen LogP contribution in [0.5, 0.6) is 11.5 Å². The number of fused-ring (bicyclic) bond motifs is 1. The van der Waals surface area contributed by atoms with Crippen LogP contribution in [0.25, 0.3) is 0 Å². The molecule has 1 N–H and O–H groups in total. The molecular formula is C25H23BrFN3O5S. The van der Waals surface area contributed by atoms with Crippen molar-refractivity contribution in [2.75, 3.05) is 25.6 Å². The molecule has 0 radical (unpaired) electrons. The van der Waals surface area contributed by atoms with Crippen molar-refractivity contribution in [3.8, 4) is 11.5 Å². The smallest absolute Gasteiger partial charge is 0.338 e. The molecule has 0 saturated heterocycles. The Hall–Kier alpha value is -3.31. The number of thioether (sulfide) groups is 1. The molecule has 2 aromatic rings. The molecule has 36 heavy (non-hydrogen) atoms. The van der Waals surface area contributed by atoms with Crippen LogP contribution >= 0.6 is 27.7 Å². The molecule has 0 unspecified atom stereocenters. The second-order valence-corrected chi connectivity index (χ2v) is 9.49. The van der Waals surface area contributed by atoms with Crippen molar-refractivity contribution < 1.29 is 28.2 Å². The van der Waals surface area contributed by atoms with E-state index in [-0.39, 0.29) is 18.9 Å². The fourth-order valence-electron chi connectivity index (χ4n) is 3.79. The van der Waals surface area contributed by atoms with Crippen molar-refractivity contribution in [3.05, 3.63) is 75.1 Å². The number of nitrogens with one attached hydrogen (secondary N) is 1. The van der Waals surface area contributed by atoms with Gasteiger partial charge in [0.25, 0.3) is 5.91 Å². The summed E-state index contributed by atoms with van der Waals surface area (Å²) >= 11 is 4.64. The summed E-state index contributed by atoms with van der Waals surface area (Å²) in [6.45, 7) is 3.42. The molecule has 2 aliphatic rings. The van der Waals surface area contributed by atoms with E-state index in [0.29, 0.717) is 27.2 Å². The van der Waals surface area contributed by atoms with Crippen LogP contribution in [0.2, 0.25) is 0 Å². The maximum absolute atomic E-state index is 14.0. The number of nitrogens with zero attached hydrogens (tertiary/aromatic N) is 2. The molecule has 0 saturated carbocycles. The number of halogens is 2. The Balaban J connectivity index is 1.55. The fraction of sp³-hybridized carbons (Fsp3) is 0.240. The molecule has 11 heteroatoms. The third-order valence-corrected chi connectivity index (χ3v) is 6.65. The molecule has 2 heterocycles. The van der Waals surface area contributed by atoms with E-state index in [0.717, 1.165) is 10.7 Å². The minimum atomic E-state index is -0.565. The van der Waals surface area contributed by atoms with Crippen molar-refractivity contribution >= 4 is 50.4 Å². The van der Waals surface area contributed by atoms with Crippen LogP contribution in [0.3, 0.4) is 0 Å². The van der Waals surface area contributed by atoms with Crippen LogP contribution in [0.4, 0.5) is 10.1 Å². The van der Waals surface area contributed by atoms with Crippen molar-refractivity contribution in [1.82, 2.24) is 4.90 Å². The third kappa shape index (κ3) is 5.41. The Morgan fingerprint density at radius 2 is 2.03 bits per heavy atom. The maximum Gasteiger partial charge on any atom is 0.338 e. The van der Waals surface area contributed by atoms with E-state index in [9.17, 15) is 14.0 Å². The number of anilines is 1. The van der Waals surface area contributed by atoms with Crippen LogP contribution in [0.1, 0.15) is 25.5 Å². The number of esters is 1. The molecule has 2 aliphatic heterocycles. The Morgan fingerprint density at radius 1 is 1.22 bits per heavy atom. The summed E-state index contributed by atoms with van der Waals surface area (Å²) in [5.74, 6) is -0.843. The van der Waals surface area contributed by atoms with Gasteiger partial charge in [-0.15, -0.1) is 0 Å². The molecule has 0 fully saturated rings. The zero-order valence-corrected chi connectivity index (χ0v) is 22.1. The normalized spacial score (nSPS) is 16.4.